The number of amides is 1. The number of esters is 1. The van der Waals surface area contributed by atoms with Gasteiger partial charge >= 0.3 is 5.97 Å². The molecule has 3 heterocycles. The van der Waals surface area contributed by atoms with Crippen LogP contribution >= 0.6 is 11.6 Å². The lowest BCUT2D eigenvalue weighted by atomic mass is 9.74. The maximum absolute atomic E-state index is 13.3. The predicted molar refractivity (Wildman–Crippen MR) is 93.3 cm³/mol. The Morgan fingerprint density at radius 3 is 2.80 bits per heavy atom. The summed E-state index contributed by atoms with van der Waals surface area (Å²) in [5.74, 6) is -1.75. The summed E-state index contributed by atoms with van der Waals surface area (Å²) in [6, 6.07) is 6.83. The number of anilines is 1. The first-order chi connectivity index (χ1) is 12.0. The normalized spacial score (nSPS) is 35.1. The van der Waals surface area contributed by atoms with E-state index in [0.717, 1.165) is 5.69 Å². The van der Waals surface area contributed by atoms with Crippen molar-refractivity contribution in [2.45, 2.75) is 24.2 Å². The zero-order valence-electron chi connectivity index (χ0n) is 13.7. The average molecular weight is 360 g/mol. The molecular weight excluding hydrogens is 342 g/mol. The molecular formula is C19H18ClNO4. The third-order valence-electron chi connectivity index (χ3n) is 5.39. The number of carbonyl (C=O) groups excluding carboxylic acids is 2. The summed E-state index contributed by atoms with van der Waals surface area (Å²) in [5, 5.41) is 0.596. The second kappa shape index (κ2) is 5.71. The number of hydrogen-bond acceptors (Lipinski definition) is 4. The van der Waals surface area contributed by atoms with Crippen LogP contribution in [0, 0.1) is 11.8 Å². The van der Waals surface area contributed by atoms with Gasteiger partial charge in [-0.2, -0.15) is 0 Å². The molecule has 5 atom stereocenters. The highest BCUT2D eigenvalue weighted by Crippen LogP contribution is 2.56. The van der Waals surface area contributed by atoms with Gasteiger partial charge in [0, 0.05) is 10.7 Å². The van der Waals surface area contributed by atoms with Gasteiger partial charge in [0.05, 0.1) is 25.2 Å². The number of rotatable bonds is 4. The minimum atomic E-state index is -0.825. The molecule has 0 unspecified atom stereocenters. The summed E-state index contributed by atoms with van der Waals surface area (Å²) in [5.41, 5.74) is -0.0943. The molecule has 3 aliphatic rings. The first-order valence-corrected chi connectivity index (χ1v) is 8.56. The molecule has 0 saturated carbocycles. The van der Waals surface area contributed by atoms with Crippen molar-refractivity contribution in [2.24, 2.45) is 11.8 Å². The van der Waals surface area contributed by atoms with E-state index in [4.69, 9.17) is 21.1 Å². The number of carbonyl (C=O) groups is 2. The minimum Gasteiger partial charge on any atom is -0.469 e. The van der Waals surface area contributed by atoms with Crippen LogP contribution in [0.4, 0.5) is 5.69 Å². The van der Waals surface area contributed by atoms with E-state index >= 15 is 0 Å². The smallest absolute Gasteiger partial charge is 0.312 e. The third-order valence-corrected chi connectivity index (χ3v) is 5.64. The maximum Gasteiger partial charge on any atom is 0.312 e. The Labute approximate surface area is 150 Å². The van der Waals surface area contributed by atoms with E-state index in [0.29, 0.717) is 11.4 Å². The van der Waals surface area contributed by atoms with Gasteiger partial charge in [0.2, 0.25) is 5.91 Å². The van der Waals surface area contributed by atoms with Gasteiger partial charge in [0.15, 0.2) is 0 Å². The lowest BCUT2D eigenvalue weighted by Crippen LogP contribution is -2.45. The molecule has 25 heavy (non-hydrogen) atoms. The van der Waals surface area contributed by atoms with Gasteiger partial charge in [-0.1, -0.05) is 29.8 Å². The van der Waals surface area contributed by atoms with Gasteiger partial charge in [-0.05, 0) is 30.7 Å². The Kier molecular flexibility index (Phi) is 3.74. The Balaban J connectivity index is 1.81. The minimum absolute atomic E-state index is 0.128. The lowest BCUT2D eigenvalue weighted by Gasteiger charge is -2.32. The number of nitrogens with zero attached hydrogens (tertiary/aromatic N) is 1. The molecule has 1 aromatic rings. The average Bonchev–Trinajstić information content (AvgIpc) is 3.25. The molecule has 5 nitrogen and oxygen atoms in total. The van der Waals surface area contributed by atoms with E-state index in [9.17, 15) is 9.59 Å². The SMILES string of the molecule is C=CC[C@H]1N(c2ccc(Cl)cc2)C(=O)[C@@H]2[C@@H](C(=O)OC)[C@@H]3C=C[C@@]21O3. The summed E-state index contributed by atoms with van der Waals surface area (Å²) in [6.45, 7) is 3.82. The molecule has 2 bridgehead atoms. The first-order valence-electron chi connectivity index (χ1n) is 8.18. The van der Waals surface area contributed by atoms with Gasteiger partial charge in [0.25, 0.3) is 0 Å². The van der Waals surface area contributed by atoms with Crippen LogP contribution in [0.25, 0.3) is 0 Å². The highest BCUT2D eigenvalue weighted by atomic mass is 35.5. The molecule has 1 amide bonds. The molecule has 0 aromatic heterocycles. The fraction of sp³-hybridized carbons (Fsp3) is 0.368. The highest BCUT2D eigenvalue weighted by Gasteiger charge is 2.71. The van der Waals surface area contributed by atoms with Crippen molar-refractivity contribution in [3.8, 4) is 0 Å². The maximum atomic E-state index is 13.3. The van der Waals surface area contributed by atoms with Gasteiger partial charge in [-0.15, -0.1) is 6.58 Å². The van der Waals surface area contributed by atoms with E-state index in [1.165, 1.54) is 7.11 Å². The van der Waals surface area contributed by atoms with Gasteiger partial charge in [-0.25, -0.2) is 0 Å². The monoisotopic (exact) mass is 359 g/mol. The fourth-order valence-corrected chi connectivity index (χ4v) is 4.54. The Hall–Kier alpha value is -2.11. The molecule has 6 heteroatoms. The van der Waals surface area contributed by atoms with Crippen LogP contribution in [0.2, 0.25) is 5.02 Å². The predicted octanol–water partition coefficient (Wildman–Crippen LogP) is 2.74. The zero-order chi connectivity index (χ0) is 17.8. The lowest BCUT2D eigenvalue weighted by molar-refractivity contribution is -0.149. The van der Waals surface area contributed by atoms with E-state index in [2.05, 4.69) is 6.58 Å². The largest absolute Gasteiger partial charge is 0.469 e. The van der Waals surface area contributed by atoms with Crippen molar-refractivity contribution in [3.63, 3.8) is 0 Å². The molecule has 4 rings (SSSR count). The van der Waals surface area contributed by atoms with Gasteiger partial charge in [-0.3, -0.25) is 9.59 Å². The molecule has 0 N–H and O–H groups in total. The van der Waals surface area contributed by atoms with Gasteiger partial charge in [0.1, 0.15) is 11.5 Å². The standard InChI is InChI=1S/C19H18ClNO4/c1-3-4-14-19-10-9-13(25-19)15(18(23)24-2)16(19)17(22)21(14)12-7-5-11(20)6-8-12/h3,5-10,13-16H,1,4H2,2H3/t13-,14+,15-,16-,19-/m0/s1. The Morgan fingerprint density at radius 2 is 2.16 bits per heavy atom. The van der Waals surface area contributed by atoms with Crippen molar-refractivity contribution in [1.29, 1.82) is 0 Å². The number of fused-ring (bicyclic) bond motifs is 1. The summed E-state index contributed by atoms with van der Waals surface area (Å²) >= 11 is 5.98. The van der Waals surface area contributed by atoms with Crippen molar-refractivity contribution in [3.05, 3.63) is 54.1 Å². The molecule has 2 fully saturated rings. The molecule has 3 aliphatic heterocycles. The Morgan fingerprint density at radius 1 is 1.44 bits per heavy atom. The number of methoxy groups -OCH3 is 1. The quantitative estimate of drug-likeness (QED) is 0.612. The number of ether oxygens (including phenoxy) is 2. The fourth-order valence-electron chi connectivity index (χ4n) is 4.41. The summed E-state index contributed by atoms with van der Waals surface area (Å²) < 4.78 is 11.1. The van der Waals surface area contributed by atoms with E-state index in [1.54, 1.807) is 35.2 Å². The first kappa shape index (κ1) is 16.4. The molecule has 0 aliphatic carbocycles. The van der Waals surface area contributed by atoms with Crippen molar-refractivity contribution < 1.29 is 19.1 Å². The summed E-state index contributed by atoms with van der Waals surface area (Å²) in [7, 11) is 1.34. The van der Waals surface area contributed by atoms with Crippen LogP contribution in [0.15, 0.2) is 49.1 Å². The van der Waals surface area contributed by atoms with Crippen LogP contribution in [0.1, 0.15) is 6.42 Å². The van der Waals surface area contributed by atoms with Crippen LogP contribution in [0.5, 0.6) is 0 Å². The second-order valence-corrected chi connectivity index (χ2v) is 6.98. The summed E-state index contributed by atoms with van der Waals surface area (Å²) in [4.78, 5) is 27.3. The summed E-state index contributed by atoms with van der Waals surface area (Å²) in [6.07, 6.45) is 5.71. The van der Waals surface area contributed by atoms with Crippen LogP contribution in [-0.4, -0.2) is 36.7 Å². The van der Waals surface area contributed by atoms with Crippen molar-refractivity contribution >= 4 is 29.2 Å². The van der Waals surface area contributed by atoms with E-state index in [-0.39, 0.29) is 11.9 Å². The second-order valence-electron chi connectivity index (χ2n) is 6.55. The van der Waals surface area contributed by atoms with Crippen LogP contribution in [-0.2, 0) is 19.1 Å². The highest BCUT2D eigenvalue weighted by molar-refractivity contribution is 6.30. The zero-order valence-corrected chi connectivity index (χ0v) is 14.5. The number of halogens is 1. The van der Waals surface area contributed by atoms with E-state index < -0.39 is 29.5 Å². The molecule has 1 aromatic carbocycles. The van der Waals surface area contributed by atoms with Crippen LogP contribution < -0.4 is 4.90 Å². The number of hydrogen-bond donors (Lipinski definition) is 0. The van der Waals surface area contributed by atoms with Crippen LogP contribution in [0.3, 0.4) is 0 Å². The third kappa shape index (κ3) is 2.12. The Bertz CT molecular complexity index is 774. The molecule has 0 radical (unpaired) electrons. The van der Waals surface area contributed by atoms with Gasteiger partial charge < -0.3 is 14.4 Å². The molecule has 2 saturated heterocycles. The molecule has 1 spiro atoms. The molecule has 130 valence electrons. The van der Waals surface area contributed by atoms with Crippen molar-refractivity contribution in [1.82, 2.24) is 0 Å². The number of benzene rings is 1. The van der Waals surface area contributed by atoms with E-state index in [1.807, 2.05) is 12.2 Å². The van der Waals surface area contributed by atoms with Crippen molar-refractivity contribution in [2.75, 3.05) is 12.0 Å². The topological polar surface area (TPSA) is 55.8 Å².